The van der Waals surface area contributed by atoms with E-state index < -0.39 is 0 Å². The van der Waals surface area contributed by atoms with Gasteiger partial charge in [-0.2, -0.15) is 0 Å². The van der Waals surface area contributed by atoms with Gasteiger partial charge in [-0.05, 0) is 29.7 Å². The minimum absolute atomic E-state index is 0. The SMILES string of the molecule is Cl.O=C(CCCOc1cccc2ccccc12)N1C[C@H]2CNC[C@H]2C1. The summed E-state index contributed by atoms with van der Waals surface area (Å²) in [7, 11) is 0. The normalized spacial score (nSPS) is 21.8. The van der Waals surface area contributed by atoms with E-state index in [0.29, 0.717) is 24.9 Å². The number of benzene rings is 2. The number of carbonyl (C=O) groups excluding carboxylic acids is 1. The van der Waals surface area contributed by atoms with Crippen LogP contribution in [0.5, 0.6) is 5.75 Å². The molecule has 0 spiro atoms. The summed E-state index contributed by atoms with van der Waals surface area (Å²) in [6, 6.07) is 14.3. The smallest absolute Gasteiger partial charge is 0.222 e. The average Bonchev–Trinajstić information content (AvgIpc) is 3.20. The van der Waals surface area contributed by atoms with Crippen LogP contribution in [0.4, 0.5) is 0 Å². The van der Waals surface area contributed by atoms with Gasteiger partial charge in [-0.25, -0.2) is 0 Å². The van der Waals surface area contributed by atoms with Crippen LogP contribution >= 0.6 is 12.4 Å². The largest absolute Gasteiger partial charge is 0.493 e. The highest BCUT2D eigenvalue weighted by Crippen LogP contribution is 2.27. The summed E-state index contributed by atoms with van der Waals surface area (Å²) in [5.74, 6) is 2.52. The van der Waals surface area contributed by atoms with E-state index in [9.17, 15) is 4.79 Å². The van der Waals surface area contributed by atoms with Crippen molar-refractivity contribution in [2.45, 2.75) is 12.8 Å². The lowest BCUT2D eigenvalue weighted by Crippen LogP contribution is -2.31. The van der Waals surface area contributed by atoms with Crippen molar-refractivity contribution in [1.82, 2.24) is 10.2 Å². The van der Waals surface area contributed by atoms with E-state index in [0.717, 1.165) is 43.7 Å². The van der Waals surface area contributed by atoms with E-state index in [4.69, 9.17) is 4.74 Å². The van der Waals surface area contributed by atoms with Crippen LogP contribution in [0.3, 0.4) is 0 Å². The zero-order valence-corrected chi connectivity index (χ0v) is 15.1. The Morgan fingerprint density at radius 2 is 1.80 bits per heavy atom. The molecule has 1 amide bonds. The van der Waals surface area contributed by atoms with E-state index >= 15 is 0 Å². The van der Waals surface area contributed by atoms with Crippen molar-refractivity contribution in [1.29, 1.82) is 0 Å². The van der Waals surface area contributed by atoms with Crippen molar-refractivity contribution in [3.05, 3.63) is 42.5 Å². The number of hydrogen-bond donors (Lipinski definition) is 1. The fourth-order valence-electron chi connectivity index (χ4n) is 3.94. The molecular weight excluding hydrogens is 336 g/mol. The molecule has 2 aromatic rings. The number of carbonyl (C=O) groups is 1. The fourth-order valence-corrected chi connectivity index (χ4v) is 3.94. The lowest BCUT2D eigenvalue weighted by molar-refractivity contribution is -0.130. The van der Waals surface area contributed by atoms with Gasteiger partial charge in [0.15, 0.2) is 0 Å². The molecule has 2 heterocycles. The van der Waals surface area contributed by atoms with Crippen LogP contribution in [0.1, 0.15) is 12.8 Å². The van der Waals surface area contributed by atoms with Gasteiger partial charge in [0.05, 0.1) is 6.61 Å². The topological polar surface area (TPSA) is 41.6 Å². The van der Waals surface area contributed by atoms with E-state index in [-0.39, 0.29) is 18.3 Å². The predicted molar refractivity (Wildman–Crippen MR) is 102 cm³/mol. The molecule has 5 heteroatoms. The van der Waals surface area contributed by atoms with Crippen molar-refractivity contribution < 1.29 is 9.53 Å². The summed E-state index contributed by atoms with van der Waals surface area (Å²) in [4.78, 5) is 14.4. The number of halogens is 1. The van der Waals surface area contributed by atoms with E-state index in [2.05, 4.69) is 23.5 Å². The molecule has 4 nitrogen and oxygen atoms in total. The van der Waals surface area contributed by atoms with Gasteiger partial charge in [0.1, 0.15) is 5.75 Å². The molecule has 25 heavy (non-hydrogen) atoms. The second-order valence-corrected chi connectivity index (χ2v) is 6.91. The Labute approximate surface area is 154 Å². The third-order valence-corrected chi connectivity index (χ3v) is 5.28. The Hall–Kier alpha value is -1.78. The van der Waals surface area contributed by atoms with Gasteiger partial charge in [0, 0.05) is 38.0 Å². The standard InChI is InChI=1S/C20H24N2O2.ClH/c23-20(22-13-16-11-21-12-17(16)14-22)9-4-10-24-19-8-3-6-15-5-1-2-7-18(15)19;/h1-3,5-8,16-17,21H,4,9-14H2;1H/t16-,17+;. The van der Waals surface area contributed by atoms with Crippen molar-refractivity contribution in [2.24, 2.45) is 11.8 Å². The van der Waals surface area contributed by atoms with Crippen LogP contribution in [0.15, 0.2) is 42.5 Å². The zero-order chi connectivity index (χ0) is 16.4. The van der Waals surface area contributed by atoms with Crippen LogP contribution in [0.25, 0.3) is 10.8 Å². The van der Waals surface area contributed by atoms with E-state index in [1.165, 1.54) is 5.39 Å². The first-order chi connectivity index (χ1) is 11.8. The minimum atomic E-state index is 0. The first-order valence-corrected chi connectivity index (χ1v) is 8.90. The zero-order valence-electron chi connectivity index (χ0n) is 14.3. The molecular formula is C20H25ClN2O2. The van der Waals surface area contributed by atoms with Gasteiger partial charge in [0.25, 0.3) is 0 Å². The maximum atomic E-state index is 12.4. The first-order valence-electron chi connectivity index (χ1n) is 8.90. The van der Waals surface area contributed by atoms with Crippen LogP contribution in [0.2, 0.25) is 0 Å². The number of ether oxygens (including phenoxy) is 1. The summed E-state index contributed by atoms with van der Waals surface area (Å²) in [6.45, 7) is 4.58. The van der Waals surface area contributed by atoms with Crippen LogP contribution in [-0.4, -0.2) is 43.6 Å². The lowest BCUT2D eigenvalue weighted by atomic mass is 10.0. The highest BCUT2D eigenvalue weighted by Gasteiger charge is 2.37. The third kappa shape index (κ3) is 3.91. The Bertz CT molecular complexity index is 719. The van der Waals surface area contributed by atoms with Gasteiger partial charge in [-0.3, -0.25) is 4.79 Å². The molecule has 0 aliphatic carbocycles. The predicted octanol–water partition coefficient (Wildman–Crippen LogP) is 3.10. The number of likely N-dealkylation sites (tertiary alicyclic amines) is 1. The molecule has 0 unspecified atom stereocenters. The van der Waals surface area contributed by atoms with Gasteiger partial charge >= 0.3 is 0 Å². The van der Waals surface area contributed by atoms with Crippen LogP contribution in [0, 0.1) is 11.8 Å². The monoisotopic (exact) mass is 360 g/mol. The Balaban J connectivity index is 0.00000182. The van der Waals surface area contributed by atoms with Gasteiger partial charge in [-0.1, -0.05) is 36.4 Å². The molecule has 2 aromatic carbocycles. The van der Waals surface area contributed by atoms with Gasteiger partial charge < -0.3 is 15.0 Å². The third-order valence-electron chi connectivity index (χ3n) is 5.28. The molecule has 1 N–H and O–H groups in total. The molecule has 0 saturated carbocycles. The van der Waals surface area contributed by atoms with Crippen molar-refractivity contribution in [3.8, 4) is 5.75 Å². The molecule has 0 aromatic heterocycles. The number of fused-ring (bicyclic) bond motifs is 2. The molecule has 2 aliphatic heterocycles. The molecule has 2 atom stereocenters. The number of amides is 1. The Morgan fingerprint density at radius 1 is 1.08 bits per heavy atom. The first kappa shape index (κ1) is 18.0. The molecule has 0 bridgehead atoms. The van der Waals surface area contributed by atoms with Crippen molar-refractivity contribution in [2.75, 3.05) is 32.8 Å². The molecule has 134 valence electrons. The summed E-state index contributed by atoms with van der Waals surface area (Å²) < 4.78 is 5.93. The number of nitrogens with one attached hydrogen (secondary N) is 1. The number of nitrogens with zero attached hydrogens (tertiary/aromatic N) is 1. The fraction of sp³-hybridized carbons (Fsp3) is 0.450. The van der Waals surface area contributed by atoms with E-state index in [1.807, 2.05) is 29.2 Å². The maximum absolute atomic E-state index is 12.4. The Kier molecular flexibility index (Phi) is 5.82. The molecule has 0 radical (unpaired) electrons. The van der Waals surface area contributed by atoms with Gasteiger partial charge in [-0.15, -0.1) is 12.4 Å². The highest BCUT2D eigenvalue weighted by atomic mass is 35.5. The highest BCUT2D eigenvalue weighted by molar-refractivity contribution is 5.88. The Morgan fingerprint density at radius 3 is 2.60 bits per heavy atom. The second-order valence-electron chi connectivity index (χ2n) is 6.91. The average molecular weight is 361 g/mol. The summed E-state index contributed by atoms with van der Waals surface area (Å²) in [6.07, 6.45) is 1.35. The molecule has 2 fully saturated rings. The number of rotatable bonds is 5. The molecule has 2 saturated heterocycles. The summed E-state index contributed by atoms with van der Waals surface area (Å²) in [5, 5.41) is 5.73. The van der Waals surface area contributed by atoms with Crippen molar-refractivity contribution in [3.63, 3.8) is 0 Å². The van der Waals surface area contributed by atoms with Crippen molar-refractivity contribution >= 4 is 29.1 Å². The quantitative estimate of drug-likeness (QED) is 0.833. The maximum Gasteiger partial charge on any atom is 0.222 e. The summed E-state index contributed by atoms with van der Waals surface area (Å²) >= 11 is 0. The van der Waals surface area contributed by atoms with E-state index in [1.54, 1.807) is 0 Å². The van der Waals surface area contributed by atoms with Crippen LogP contribution < -0.4 is 10.1 Å². The number of hydrogen-bond acceptors (Lipinski definition) is 3. The van der Waals surface area contributed by atoms with Gasteiger partial charge in [0.2, 0.25) is 5.91 Å². The minimum Gasteiger partial charge on any atom is -0.493 e. The lowest BCUT2D eigenvalue weighted by Gasteiger charge is -2.17. The van der Waals surface area contributed by atoms with Crippen LogP contribution in [-0.2, 0) is 4.79 Å². The second kappa shape index (κ2) is 8.07. The summed E-state index contributed by atoms with van der Waals surface area (Å²) in [5.41, 5.74) is 0. The molecule has 2 aliphatic rings. The molecule has 4 rings (SSSR count).